The number of ether oxygens (including phenoxy) is 1. The SMILES string of the molecule is CN=C1NCN(C2CCCC(COP(=O)(O)OCC(C)(C)C(C)C(=O)NCCC(=O)NCSC(C)=O)O2)c2nc[nH]c21. The van der Waals surface area contributed by atoms with Crippen molar-refractivity contribution in [2.75, 3.05) is 44.3 Å². The third-order valence-corrected chi connectivity index (χ3v) is 8.85. The van der Waals surface area contributed by atoms with Crippen LogP contribution in [0.5, 0.6) is 0 Å². The molecule has 4 atom stereocenters. The van der Waals surface area contributed by atoms with Crippen LogP contribution in [0.25, 0.3) is 0 Å². The first-order valence-electron chi connectivity index (χ1n) is 13.8. The van der Waals surface area contributed by atoms with Crippen LogP contribution < -0.4 is 20.9 Å². The fraction of sp³-hybridized carbons (Fsp3) is 0.720. The van der Waals surface area contributed by atoms with E-state index in [2.05, 4.69) is 30.9 Å². The molecule has 2 aliphatic heterocycles. The number of aromatic nitrogens is 2. The first kappa shape index (κ1) is 34.0. The summed E-state index contributed by atoms with van der Waals surface area (Å²) in [6.07, 6.45) is 3.18. The number of thioether (sulfide) groups is 1. The predicted molar refractivity (Wildman–Crippen MR) is 158 cm³/mol. The summed E-state index contributed by atoms with van der Waals surface area (Å²) < 4.78 is 29.5. The zero-order valence-corrected chi connectivity index (χ0v) is 26.4. The number of anilines is 1. The second-order valence-electron chi connectivity index (χ2n) is 10.8. The van der Waals surface area contributed by atoms with Gasteiger partial charge in [0.1, 0.15) is 17.8 Å². The number of fused-ring (bicyclic) bond motifs is 1. The molecule has 2 amide bonds. The second-order valence-corrected chi connectivity index (χ2v) is 13.4. The maximum atomic E-state index is 12.7. The fourth-order valence-corrected chi connectivity index (χ4v) is 5.72. The van der Waals surface area contributed by atoms with Crippen molar-refractivity contribution in [3.63, 3.8) is 0 Å². The average Bonchev–Trinajstić information content (AvgIpc) is 3.44. The minimum absolute atomic E-state index is 0.0583. The molecule has 3 heterocycles. The highest BCUT2D eigenvalue weighted by atomic mass is 32.2. The lowest BCUT2D eigenvalue weighted by atomic mass is 9.80. The number of phosphoric ester groups is 1. The predicted octanol–water partition coefficient (Wildman–Crippen LogP) is 1.70. The monoisotopic (exact) mass is 631 g/mol. The number of rotatable bonds is 14. The summed E-state index contributed by atoms with van der Waals surface area (Å²) in [6, 6.07) is 0. The average molecular weight is 632 g/mol. The van der Waals surface area contributed by atoms with Crippen molar-refractivity contribution in [3.8, 4) is 0 Å². The van der Waals surface area contributed by atoms with E-state index in [1.807, 2.05) is 4.90 Å². The van der Waals surface area contributed by atoms with Crippen LogP contribution in [0.2, 0.25) is 0 Å². The van der Waals surface area contributed by atoms with E-state index in [9.17, 15) is 23.8 Å². The Morgan fingerprint density at radius 2 is 2.10 bits per heavy atom. The van der Waals surface area contributed by atoms with Gasteiger partial charge in [-0.1, -0.05) is 32.5 Å². The van der Waals surface area contributed by atoms with Gasteiger partial charge in [0.05, 0.1) is 38.2 Å². The van der Waals surface area contributed by atoms with Gasteiger partial charge in [-0.15, -0.1) is 0 Å². The molecule has 42 heavy (non-hydrogen) atoms. The Hall–Kier alpha value is -2.49. The van der Waals surface area contributed by atoms with Crippen molar-refractivity contribution < 1.29 is 37.6 Å². The van der Waals surface area contributed by atoms with Crippen molar-refractivity contribution in [2.45, 2.75) is 65.7 Å². The van der Waals surface area contributed by atoms with Gasteiger partial charge in [0.25, 0.3) is 0 Å². The van der Waals surface area contributed by atoms with Crippen LogP contribution in [0.4, 0.5) is 5.82 Å². The van der Waals surface area contributed by atoms with E-state index in [0.29, 0.717) is 18.9 Å². The molecule has 1 aromatic rings. The summed E-state index contributed by atoms with van der Waals surface area (Å²) in [4.78, 5) is 59.4. The number of aliphatic imine (C=N–C) groups is 1. The number of carbonyl (C=O) groups is 3. The molecule has 2 aliphatic rings. The highest BCUT2D eigenvalue weighted by molar-refractivity contribution is 8.13. The second kappa shape index (κ2) is 15.3. The smallest absolute Gasteiger partial charge is 0.355 e. The Labute approximate surface area is 249 Å². The molecule has 0 aliphatic carbocycles. The Balaban J connectivity index is 1.42. The number of phosphoric acid groups is 1. The molecule has 1 fully saturated rings. The maximum absolute atomic E-state index is 12.7. The summed E-state index contributed by atoms with van der Waals surface area (Å²) in [5.41, 5.74) is -0.0442. The van der Waals surface area contributed by atoms with E-state index >= 15 is 0 Å². The van der Waals surface area contributed by atoms with E-state index < -0.39 is 25.3 Å². The molecular formula is C25H42N7O8PS. The van der Waals surface area contributed by atoms with Crippen molar-refractivity contribution in [3.05, 3.63) is 12.0 Å². The van der Waals surface area contributed by atoms with Crippen molar-refractivity contribution >= 4 is 48.2 Å². The molecule has 1 aromatic heterocycles. The van der Waals surface area contributed by atoms with E-state index in [0.717, 1.165) is 36.1 Å². The van der Waals surface area contributed by atoms with Gasteiger partial charge in [-0.05, 0) is 19.3 Å². The minimum atomic E-state index is -4.44. The Morgan fingerprint density at radius 3 is 2.81 bits per heavy atom. The quantitative estimate of drug-likeness (QED) is 0.147. The molecule has 5 N–H and O–H groups in total. The molecule has 0 spiro atoms. The largest absolute Gasteiger partial charge is 0.472 e. The zero-order chi connectivity index (χ0) is 30.9. The molecule has 0 saturated carbocycles. The number of imidazole rings is 1. The third-order valence-electron chi connectivity index (χ3n) is 7.23. The summed E-state index contributed by atoms with van der Waals surface area (Å²) in [7, 11) is -2.74. The topological polar surface area (TPSA) is 197 Å². The molecular weight excluding hydrogens is 589 g/mol. The Morgan fingerprint density at radius 1 is 1.33 bits per heavy atom. The van der Waals surface area contributed by atoms with E-state index in [4.69, 9.17) is 13.8 Å². The highest BCUT2D eigenvalue weighted by Gasteiger charge is 2.37. The first-order chi connectivity index (χ1) is 19.8. The molecule has 4 unspecified atom stereocenters. The number of H-pyrrole nitrogens is 1. The van der Waals surface area contributed by atoms with Gasteiger partial charge in [0.2, 0.25) is 11.8 Å². The molecule has 17 heteroatoms. The van der Waals surface area contributed by atoms with Gasteiger partial charge in [-0.2, -0.15) is 0 Å². The standard InChI is InChI=1S/C25H42N7O8PS/c1-16(24(35)27-10-9-19(34)31-15-42-17(2)33)25(3,4)12-39-41(36,37)38-11-18-7-6-8-20(40-18)32-14-30-22(26-5)21-23(32)29-13-28-21/h13,16,18,20H,6-12,14-15H2,1-5H3,(H,26,30)(H,27,35)(H,28,29)(H,31,34)(H,36,37). The van der Waals surface area contributed by atoms with Gasteiger partial charge in [0.15, 0.2) is 10.9 Å². The Bertz CT molecular complexity index is 1180. The lowest BCUT2D eigenvalue weighted by Gasteiger charge is -2.40. The highest BCUT2D eigenvalue weighted by Crippen LogP contribution is 2.46. The van der Waals surface area contributed by atoms with Crippen molar-refractivity contribution in [1.29, 1.82) is 0 Å². The summed E-state index contributed by atoms with van der Waals surface area (Å²) >= 11 is 0.987. The van der Waals surface area contributed by atoms with Gasteiger partial charge in [-0.25, -0.2) is 9.55 Å². The summed E-state index contributed by atoms with van der Waals surface area (Å²) in [5, 5.41) is 8.41. The first-order valence-corrected chi connectivity index (χ1v) is 16.3. The number of aromatic amines is 1. The molecule has 0 bridgehead atoms. The van der Waals surface area contributed by atoms with Crippen LogP contribution >= 0.6 is 19.6 Å². The van der Waals surface area contributed by atoms with Crippen molar-refractivity contribution in [1.82, 2.24) is 25.9 Å². The minimum Gasteiger partial charge on any atom is -0.355 e. The normalized spacial score (nSPS) is 22.0. The van der Waals surface area contributed by atoms with Crippen LogP contribution in [0.15, 0.2) is 11.3 Å². The van der Waals surface area contributed by atoms with Crippen LogP contribution in [-0.2, 0) is 32.7 Å². The van der Waals surface area contributed by atoms with Crippen LogP contribution in [-0.4, -0.2) is 89.3 Å². The number of nitrogens with one attached hydrogen (secondary N) is 4. The zero-order valence-electron chi connectivity index (χ0n) is 24.7. The van der Waals surface area contributed by atoms with Crippen molar-refractivity contribution in [2.24, 2.45) is 16.3 Å². The number of carbonyl (C=O) groups excluding carboxylic acids is 3. The molecule has 0 radical (unpaired) electrons. The van der Waals surface area contributed by atoms with Gasteiger partial charge in [-0.3, -0.25) is 28.4 Å². The van der Waals surface area contributed by atoms with Crippen LogP contribution in [0.1, 0.15) is 59.1 Å². The van der Waals surface area contributed by atoms with E-state index in [1.54, 1.807) is 34.1 Å². The maximum Gasteiger partial charge on any atom is 0.472 e. The summed E-state index contributed by atoms with van der Waals surface area (Å²) in [5.74, 6) is 0.409. The molecule has 0 aromatic carbocycles. The van der Waals surface area contributed by atoms with Gasteiger partial charge < -0.3 is 35.5 Å². The lowest BCUT2D eigenvalue weighted by Crippen LogP contribution is -2.52. The third kappa shape index (κ3) is 9.78. The number of amides is 2. The molecule has 3 rings (SSSR count). The number of hydrogen-bond acceptors (Lipinski definition) is 11. The molecule has 236 valence electrons. The van der Waals surface area contributed by atoms with Crippen LogP contribution in [0.3, 0.4) is 0 Å². The number of amidine groups is 1. The summed E-state index contributed by atoms with van der Waals surface area (Å²) in [6.45, 7) is 6.79. The Kier molecular flexibility index (Phi) is 12.4. The van der Waals surface area contributed by atoms with E-state index in [1.165, 1.54) is 6.92 Å². The van der Waals surface area contributed by atoms with Gasteiger partial charge in [0, 0.05) is 38.3 Å². The van der Waals surface area contributed by atoms with Crippen LogP contribution in [0, 0.1) is 11.3 Å². The lowest BCUT2D eigenvalue weighted by molar-refractivity contribution is -0.129. The number of nitrogens with zero attached hydrogens (tertiary/aromatic N) is 3. The number of hydrogen-bond donors (Lipinski definition) is 5. The van der Waals surface area contributed by atoms with E-state index in [-0.39, 0.29) is 55.2 Å². The fourth-order valence-electron chi connectivity index (χ4n) is 4.36. The molecule has 1 saturated heterocycles. The molecule has 15 nitrogen and oxygen atoms in total. The van der Waals surface area contributed by atoms with Gasteiger partial charge >= 0.3 is 7.82 Å².